The van der Waals surface area contributed by atoms with Crippen LogP contribution in [0.3, 0.4) is 0 Å². The third-order valence-corrected chi connectivity index (χ3v) is 6.85. The second kappa shape index (κ2) is 8.67. The number of hydrogen-bond acceptors (Lipinski definition) is 6. The summed E-state index contributed by atoms with van der Waals surface area (Å²) < 4.78 is 25.7. The van der Waals surface area contributed by atoms with E-state index in [9.17, 15) is 9.18 Å². The molecule has 1 N–H and O–H groups in total. The Hall–Kier alpha value is -3.13. The first-order chi connectivity index (χ1) is 16.0. The number of methoxy groups -OCH3 is 1. The van der Waals surface area contributed by atoms with Crippen molar-refractivity contribution in [1.29, 1.82) is 0 Å². The van der Waals surface area contributed by atoms with Crippen LogP contribution in [0.5, 0.6) is 5.75 Å². The number of cyclic esters (lactones) is 1. The molecule has 1 aromatic heterocycles. The van der Waals surface area contributed by atoms with Crippen LogP contribution in [0.4, 0.5) is 26.4 Å². The van der Waals surface area contributed by atoms with Gasteiger partial charge in [0, 0.05) is 23.4 Å². The van der Waals surface area contributed by atoms with E-state index >= 15 is 0 Å². The Morgan fingerprint density at radius 1 is 1.21 bits per heavy atom. The van der Waals surface area contributed by atoms with Crippen LogP contribution in [0.1, 0.15) is 32.1 Å². The average molecular weight is 471 g/mol. The van der Waals surface area contributed by atoms with E-state index in [0.29, 0.717) is 41.3 Å². The molecule has 2 fully saturated rings. The number of fused-ring (bicyclic) bond motifs is 1. The quantitative estimate of drug-likeness (QED) is 0.497. The first-order valence-corrected chi connectivity index (χ1v) is 11.4. The molecule has 1 saturated heterocycles. The number of benzene rings is 2. The van der Waals surface area contributed by atoms with E-state index in [-0.39, 0.29) is 16.1 Å². The molecule has 3 aromatic rings. The molecule has 1 spiro atoms. The van der Waals surface area contributed by atoms with E-state index in [2.05, 4.69) is 15.3 Å². The van der Waals surface area contributed by atoms with Gasteiger partial charge in [-0.05, 0) is 31.0 Å². The van der Waals surface area contributed by atoms with E-state index in [1.807, 2.05) is 0 Å². The summed E-state index contributed by atoms with van der Waals surface area (Å²) in [6.07, 6.45) is 6.50. The van der Waals surface area contributed by atoms with Gasteiger partial charge in [-0.25, -0.2) is 19.2 Å². The Morgan fingerprint density at radius 2 is 2.03 bits per heavy atom. The number of amides is 1. The summed E-state index contributed by atoms with van der Waals surface area (Å²) in [7, 11) is 1.55. The van der Waals surface area contributed by atoms with Gasteiger partial charge in [-0.15, -0.1) is 0 Å². The van der Waals surface area contributed by atoms with Gasteiger partial charge in [-0.2, -0.15) is 0 Å². The number of hydrogen-bond donors (Lipinski definition) is 1. The van der Waals surface area contributed by atoms with Gasteiger partial charge in [-0.3, -0.25) is 4.90 Å². The highest BCUT2D eigenvalue weighted by Crippen LogP contribution is 2.44. The monoisotopic (exact) mass is 470 g/mol. The summed E-state index contributed by atoms with van der Waals surface area (Å²) >= 11 is 5.93. The van der Waals surface area contributed by atoms with E-state index in [4.69, 9.17) is 21.1 Å². The zero-order valence-electron chi connectivity index (χ0n) is 18.2. The molecule has 1 amide bonds. The van der Waals surface area contributed by atoms with Crippen LogP contribution in [-0.2, 0) is 4.74 Å². The minimum atomic E-state index is -0.571. The van der Waals surface area contributed by atoms with Crippen molar-refractivity contribution in [3.05, 3.63) is 47.5 Å². The lowest BCUT2D eigenvalue weighted by molar-refractivity contribution is 0.0391. The molecule has 33 heavy (non-hydrogen) atoms. The Kier molecular flexibility index (Phi) is 5.70. The normalized spacial score (nSPS) is 17.8. The van der Waals surface area contributed by atoms with Crippen LogP contribution < -0.4 is 15.0 Å². The fourth-order valence-electron chi connectivity index (χ4n) is 4.80. The number of ether oxygens (including phenoxy) is 2. The van der Waals surface area contributed by atoms with Crippen molar-refractivity contribution in [1.82, 2.24) is 9.97 Å². The molecule has 2 aliphatic rings. The van der Waals surface area contributed by atoms with Gasteiger partial charge >= 0.3 is 6.09 Å². The van der Waals surface area contributed by atoms with Crippen molar-refractivity contribution in [2.24, 2.45) is 5.41 Å². The number of halogens is 2. The van der Waals surface area contributed by atoms with Crippen LogP contribution in [0, 0.1) is 11.2 Å². The van der Waals surface area contributed by atoms with Gasteiger partial charge in [0.15, 0.2) is 5.82 Å². The molecule has 172 valence electrons. The molecule has 2 aromatic carbocycles. The number of rotatable bonds is 4. The van der Waals surface area contributed by atoms with E-state index in [1.165, 1.54) is 18.8 Å². The number of aromatic nitrogens is 2. The second-order valence-electron chi connectivity index (χ2n) is 8.69. The molecule has 0 unspecified atom stereocenters. The second-order valence-corrected chi connectivity index (χ2v) is 9.10. The van der Waals surface area contributed by atoms with Crippen LogP contribution in [0.25, 0.3) is 10.9 Å². The highest BCUT2D eigenvalue weighted by atomic mass is 35.5. The largest absolute Gasteiger partial charge is 0.494 e. The predicted molar refractivity (Wildman–Crippen MR) is 125 cm³/mol. The lowest BCUT2D eigenvalue weighted by atomic mass is 9.73. The summed E-state index contributed by atoms with van der Waals surface area (Å²) in [5.74, 6) is 0.326. The van der Waals surface area contributed by atoms with Gasteiger partial charge in [0.25, 0.3) is 0 Å². The third kappa shape index (κ3) is 4.04. The van der Waals surface area contributed by atoms with Crippen molar-refractivity contribution < 1.29 is 18.7 Å². The fourth-order valence-corrected chi connectivity index (χ4v) is 4.98. The summed E-state index contributed by atoms with van der Waals surface area (Å²) in [4.78, 5) is 23.1. The summed E-state index contributed by atoms with van der Waals surface area (Å²) in [5.41, 5.74) is 1.31. The zero-order valence-corrected chi connectivity index (χ0v) is 19.0. The average Bonchev–Trinajstić information content (AvgIpc) is 2.84. The maximum atomic E-state index is 14.5. The molecule has 0 bridgehead atoms. The Balaban J connectivity index is 1.58. The van der Waals surface area contributed by atoms with Gasteiger partial charge in [0.2, 0.25) is 0 Å². The molecule has 1 aliphatic carbocycles. The molecule has 9 heteroatoms. The van der Waals surface area contributed by atoms with Crippen LogP contribution in [-0.4, -0.2) is 36.3 Å². The molecular weight excluding hydrogens is 447 g/mol. The van der Waals surface area contributed by atoms with E-state index in [0.717, 1.165) is 25.7 Å². The third-order valence-electron chi connectivity index (χ3n) is 6.56. The molecule has 1 aliphatic heterocycles. The first-order valence-electron chi connectivity index (χ1n) is 11.0. The van der Waals surface area contributed by atoms with Gasteiger partial charge in [0.05, 0.1) is 29.0 Å². The van der Waals surface area contributed by atoms with E-state index in [1.54, 1.807) is 36.3 Å². The van der Waals surface area contributed by atoms with Crippen molar-refractivity contribution in [2.75, 3.05) is 30.5 Å². The van der Waals surface area contributed by atoms with E-state index < -0.39 is 11.9 Å². The van der Waals surface area contributed by atoms with Gasteiger partial charge < -0.3 is 14.8 Å². The Morgan fingerprint density at radius 3 is 2.82 bits per heavy atom. The highest BCUT2D eigenvalue weighted by molar-refractivity contribution is 6.31. The minimum absolute atomic E-state index is 0.00885. The number of carbonyl (C=O) groups is 1. The maximum absolute atomic E-state index is 14.5. The smallest absolute Gasteiger partial charge is 0.414 e. The number of nitrogens with one attached hydrogen (secondary N) is 1. The minimum Gasteiger partial charge on any atom is -0.494 e. The van der Waals surface area contributed by atoms with Gasteiger partial charge in [-0.1, -0.05) is 36.9 Å². The van der Waals surface area contributed by atoms with Gasteiger partial charge in [0.1, 0.15) is 24.5 Å². The Labute approximate surface area is 195 Å². The maximum Gasteiger partial charge on any atom is 0.414 e. The first kappa shape index (κ1) is 21.7. The molecule has 2 heterocycles. The van der Waals surface area contributed by atoms with Crippen molar-refractivity contribution in [3.63, 3.8) is 0 Å². The number of nitrogens with zero attached hydrogens (tertiary/aromatic N) is 3. The van der Waals surface area contributed by atoms with Crippen molar-refractivity contribution in [3.8, 4) is 5.75 Å². The standard InChI is InChI=1S/C24H24ClFN4O3/c1-32-20-11-18-15(22(28-14-27-18)29-17-7-5-6-16(25)21(17)26)10-19(20)30-12-24(13-33-23(30)31)8-3-2-4-9-24/h5-7,10-11,14H,2-4,8-9,12-13H2,1H3,(H,27,28,29). The summed E-state index contributed by atoms with van der Waals surface area (Å²) in [6.45, 7) is 1.01. The topological polar surface area (TPSA) is 76.6 Å². The molecule has 5 rings (SSSR count). The molecule has 0 atom stereocenters. The lowest BCUT2D eigenvalue weighted by Crippen LogP contribution is -2.51. The SMILES string of the molecule is COc1cc2ncnc(Nc3cccc(Cl)c3F)c2cc1N1CC2(CCCCC2)COC1=O. The van der Waals surface area contributed by atoms with Crippen molar-refractivity contribution in [2.45, 2.75) is 32.1 Å². The molecule has 0 radical (unpaired) electrons. The lowest BCUT2D eigenvalue weighted by Gasteiger charge is -2.44. The summed E-state index contributed by atoms with van der Waals surface area (Å²) in [6, 6.07) is 8.25. The van der Waals surface area contributed by atoms with Crippen LogP contribution in [0.15, 0.2) is 36.7 Å². The number of carbonyl (C=O) groups excluding carboxylic acids is 1. The van der Waals surface area contributed by atoms with Crippen molar-refractivity contribution >= 4 is 45.8 Å². The molecular formula is C24H24ClFN4O3. The molecule has 1 saturated carbocycles. The highest BCUT2D eigenvalue weighted by Gasteiger charge is 2.42. The molecule has 7 nitrogen and oxygen atoms in total. The van der Waals surface area contributed by atoms with Crippen LogP contribution in [0.2, 0.25) is 5.02 Å². The summed E-state index contributed by atoms with van der Waals surface area (Å²) in [5, 5.41) is 3.63. The Bertz CT molecular complexity index is 1220. The fraction of sp³-hybridized carbons (Fsp3) is 0.375. The zero-order chi connectivity index (χ0) is 23.0. The number of anilines is 3. The van der Waals surface area contributed by atoms with Crippen LogP contribution >= 0.6 is 11.6 Å². The predicted octanol–water partition coefficient (Wildman–Crippen LogP) is 6.08.